The molecule has 2 aromatic heterocycles. The molecule has 134 valence electrons. The molecule has 5 nitrogen and oxygen atoms in total. The highest BCUT2D eigenvalue weighted by Crippen LogP contribution is 2.30. The van der Waals surface area contributed by atoms with E-state index in [9.17, 15) is 4.79 Å². The second-order valence-electron chi connectivity index (χ2n) is 6.13. The molecule has 4 aromatic rings. The van der Waals surface area contributed by atoms with E-state index in [1.807, 2.05) is 42.5 Å². The number of aryl methyl sites for hydroxylation is 1. The summed E-state index contributed by atoms with van der Waals surface area (Å²) in [6, 6.07) is 17.2. The van der Waals surface area contributed by atoms with Crippen molar-refractivity contribution in [1.29, 1.82) is 0 Å². The Morgan fingerprint density at radius 2 is 1.81 bits per heavy atom. The third-order valence-corrected chi connectivity index (χ3v) is 4.73. The molecule has 0 spiro atoms. The van der Waals surface area contributed by atoms with Crippen LogP contribution >= 0.6 is 11.6 Å². The Hall–Kier alpha value is -3.18. The summed E-state index contributed by atoms with van der Waals surface area (Å²) < 4.78 is 0. The highest BCUT2D eigenvalue weighted by molar-refractivity contribution is 6.33. The largest absolute Gasteiger partial charge is 0.326 e. The van der Waals surface area contributed by atoms with Crippen LogP contribution in [0.4, 0.5) is 11.6 Å². The van der Waals surface area contributed by atoms with Gasteiger partial charge >= 0.3 is 0 Å². The molecule has 0 saturated heterocycles. The van der Waals surface area contributed by atoms with E-state index >= 15 is 0 Å². The van der Waals surface area contributed by atoms with Crippen LogP contribution in [-0.4, -0.2) is 15.0 Å². The van der Waals surface area contributed by atoms with Gasteiger partial charge in [-0.3, -0.25) is 9.78 Å². The van der Waals surface area contributed by atoms with Crippen LogP contribution in [0.15, 0.2) is 65.6 Å². The predicted molar refractivity (Wildman–Crippen MR) is 110 cm³/mol. The van der Waals surface area contributed by atoms with Gasteiger partial charge in [0.1, 0.15) is 0 Å². The molecule has 27 heavy (non-hydrogen) atoms. The zero-order chi connectivity index (χ0) is 18.8. The molecule has 0 aliphatic rings. The van der Waals surface area contributed by atoms with Gasteiger partial charge in [-0.1, -0.05) is 48.9 Å². The van der Waals surface area contributed by atoms with Gasteiger partial charge in [0.15, 0.2) is 5.65 Å². The van der Waals surface area contributed by atoms with Gasteiger partial charge in [-0.05, 0) is 36.2 Å². The smallest absolute Gasteiger partial charge is 0.262 e. The van der Waals surface area contributed by atoms with Gasteiger partial charge in [-0.25, -0.2) is 4.98 Å². The van der Waals surface area contributed by atoms with Gasteiger partial charge in [-0.2, -0.15) is 4.98 Å². The van der Waals surface area contributed by atoms with E-state index < -0.39 is 0 Å². The molecule has 0 radical (unpaired) electrons. The molecule has 0 aliphatic heterocycles. The van der Waals surface area contributed by atoms with Crippen LogP contribution in [0.2, 0.25) is 5.02 Å². The topological polar surface area (TPSA) is 70.7 Å². The van der Waals surface area contributed by atoms with Gasteiger partial charge in [0.2, 0.25) is 5.95 Å². The van der Waals surface area contributed by atoms with E-state index in [-0.39, 0.29) is 5.56 Å². The van der Waals surface area contributed by atoms with Crippen LogP contribution in [0.5, 0.6) is 0 Å². The number of pyridine rings is 1. The summed E-state index contributed by atoms with van der Waals surface area (Å²) in [6.45, 7) is 2.10. The van der Waals surface area contributed by atoms with Gasteiger partial charge in [0.25, 0.3) is 5.56 Å². The molecule has 0 bridgehead atoms. The zero-order valence-electron chi connectivity index (χ0n) is 14.7. The SMILES string of the molecule is CCc1ccc(Nc2nc3nccc(-c4ccccc4Cl)c3c(=O)[nH]2)cc1. The molecule has 6 heteroatoms. The number of benzene rings is 2. The molecule has 0 unspecified atom stereocenters. The maximum Gasteiger partial charge on any atom is 0.262 e. The Labute approximate surface area is 161 Å². The summed E-state index contributed by atoms with van der Waals surface area (Å²) >= 11 is 6.31. The standard InChI is InChI=1S/C21H17ClN4O/c1-2-13-7-9-14(10-8-13)24-21-25-19-18(20(27)26-21)16(11-12-23-19)15-5-3-4-6-17(15)22/h3-12H,2H2,1H3,(H2,23,24,25,26,27). The maximum absolute atomic E-state index is 12.8. The number of fused-ring (bicyclic) bond motifs is 1. The van der Waals surface area contributed by atoms with Crippen molar-refractivity contribution < 1.29 is 0 Å². The number of nitrogens with one attached hydrogen (secondary N) is 2. The Bertz CT molecular complexity index is 1170. The molecular formula is C21H17ClN4O. The average Bonchev–Trinajstić information content (AvgIpc) is 2.68. The first kappa shape index (κ1) is 17.2. The van der Waals surface area contributed by atoms with E-state index in [2.05, 4.69) is 27.2 Å². The summed E-state index contributed by atoms with van der Waals surface area (Å²) in [5.74, 6) is 0.348. The van der Waals surface area contributed by atoms with E-state index in [0.717, 1.165) is 17.7 Å². The molecule has 0 saturated carbocycles. The van der Waals surface area contributed by atoms with Crippen molar-refractivity contribution in [3.8, 4) is 11.1 Å². The third kappa shape index (κ3) is 3.41. The second-order valence-corrected chi connectivity index (χ2v) is 6.53. The van der Waals surface area contributed by atoms with Crippen LogP contribution in [-0.2, 0) is 6.42 Å². The second kappa shape index (κ2) is 7.21. The number of nitrogens with zero attached hydrogens (tertiary/aromatic N) is 2. The average molecular weight is 377 g/mol. The lowest BCUT2D eigenvalue weighted by Gasteiger charge is -2.10. The normalized spacial score (nSPS) is 10.9. The minimum absolute atomic E-state index is 0.268. The molecule has 4 rings (SSSR count). The summed E-state index contributed by atoms with van der Waals surface area (Å²) in [4.78, 5) is 24.3. The molecule has 0 atom stereocenters. The first-order valence-corrected chi connectivity index (χ1v) is 9.03. The monoisotopic (exact) mass is 376 g/mol. The van der Waals surface area contributed by atoms with Gasteiger partial charge in [0, 0.05) is 28.0 Å². The van der Waals surface area contributed by atoms with Crippen molar-refractivity contribution in [2.24, 2.45) is 0 Å². The summed E-state index contributed by atoms with van der Waals surface area (Å²) in [6.07, 6.45) is 2.60. The fraction of sp³-hybridized carbons (Fsp3) is 0.0952. The van der Waals surface area contributed by atoms with Crippen LogP contribution in [0.3, 0.4) is 0 Å². The van der Waals surface area contributed by atoms with Crippen molar-refractivity contribution in [3.63, 3.8) is 0 Å². The Balaban J connectivity index is 1.78. The highest BCUT2D eigenvalue weighted by atomic mass is 35.5. The Morgan fingerprint density at radius 1 is 1.04 bits per heavy atom. The lowest BCUT2D eigenvalue weighted by atomic mass is 10.0. The van der Waals surface area contributed by atoms with E-state index in [1.165, 1.54) is 5.56 Å². The fourth-order valence-corrected chi connectivity index (χ4v) is 3.22. The minimum atomic E-state index is -0.268. The van der Waals surface area contributed by atoms with Gasteiger partial charge in [-0.15, -0.1) is 0 Å². The van der Waals surface area contributed by atoms with Crippen molar-refractivity contribution in [1.82, 2.24) is 15.0 Å². The highest BCUT2D eigenvalue weighted by Gasteiger charge is 2.13. The number of aromatic nitrogens is 3. The number of aromatic amines is 1. The lowest BCUT2D eigenvalue weighted by molar-refractivity contribution is 1.13. The zero-order valence-corrected chi connectivity index (χ0v) is 15.4. The van der Waals surface area contributed by atoms with Crippen molar-refractivity contribution in [3.05, 3.63) is 81.7 Å². The molecule has 0 amide bonds. The number of anilines is 2. The number of hydrogen-bond acceptors (Lipinski definition) is 4. The Morgan fingerprint density at radius 3 is 2.56 bits per heavy atom. The number of halogens is 1. The molecule has 2 aromatic carbocycles. The quantitative estimate of drug-likeness (QED) is 0.529. The van der Waals surface area contributed by atoms with Crippen LogP contribution in [0, 0.1) is 0 Å². The van der Waals surface area contributed by atoms with Crippen molar-refractivity contribution in [2.45, 2.75) is 13.3 Å². The first-order valence-electron chi connectivity index (χ1n) is 8.65. The molecular weight excluding hydrogens is 360 g/mol. The maximum atomic E-state index is 12.8. The number of rotatable bonds is 4. The van der Waals surface area contributed by atoms with Gasteiger partial charge in [0.05, 0.1) is 5.39 Å². The lowest BCUT2D eigenvalue weighted by Crippen LogP contribution is -2.13. The first-order chi connectivity index (χ1) is 13.2. The number of H-pyrrole nitrogens is 1. The molecule has 0 aliphatic carbocycles. The predicted octanol–water partition coefficient (Wildman–Crippen LogP) is 4.94. The van der Waals surface area contributed by atoms with Gasteiger partial charge < -0.3 is 5.32 Å². The summed E-state index contributed by atoms with van der Waals surface area (Å²) in [5.41, 5.74) is 3.66. The van der Waals surface area contributed by atoms with E-state index in [0.29, 0.717) is 27.6 Å². The van der Waals surface area contributed by atoms with Crippen LogP contribution < -0.4 is 10.9 Å². The van der Waals surface area contributed by atoms with Crippen molar-refractivity contribution in [2.75, 3.05) is 5.32 Å². The van der Waals surface area contributed by atoms with E-state index in [1.54, 1.807) is 18.3 Å². The fourth-order valence-electron chi connectivity index (χ4n) is 2.99. The minimum Gasteiger partial charge on any atom is -0.326 e. The van der Waals surface area contributed by atoms with Crippen LogP contribution in [0.25, 0.3) is 22.2 Å². The summed E-state index contributed by atoms with van der Waals surface area (Å²) in [7, 11) is 0. The van der Waals surface area contributed by atoms with Crippen LogP contribution in [0.1, 0.15) is 12.5 Å². The molecule has 0 fully saturated rings. The van der Waals surface area contributed by atoms with Crippen molar-refractivity contribution >= 4 is 34.3 Å². The Kier molecular flexibility index (Phi) is 4.60. The number of hydrogen-bond donors (Lipinski definition) is 2. The summed E-state index contributed by atoms with van der Waals surface area (Å²) in [5, 5.41) is 4.11. The van der Waals surface area contributed by atoms with E-state index in [4.69, 9.17) is 11.6 Å². The third-order valence-electron chi connectivity index (χ3n) is 4.40. The molecule has 2 heterocycles. The molecule has 2 N–H and O–H groups in total.